The number of carbonyl (C=O) groups excluding carboxylic acids is 1. The van der Waals surface area contributed by atoms with Crippen LogP contribution in [-0.4, -0.2) is 17.7 Å². The third kappa shape index (κ3) is 2.52. The molecule has 0 aliphatic carbocycles. The SMILES string of the molecule is CC1CC(C(=O)Nc2ccc(Cl)cc2)=NO1. The van der Waals surface area contributed by atoms with E-state index in [4.69, 9.17) is 16.4 Å². The zero-order valence-electron chi connectivity index (χ0n) is 8.74. The Morgan fingerprint density at radius 1 is 1.50 bits per heavy atom. The molecule has 16 heavy (non-hydrogen) atoms. The Kier molecular flexibility index (Phi) is 3.10. The Labute approximate surface area is 98.2 Å². The molecule has 1 aliphatic heterocycles. The number of rotatable bonds is 2. The molecule has 1 amide bonds. The number of hydrogen-bond acceptors (Lipinski definition) is 3. The van der Waals surface area contributed by atoms with Crippen molar-refractivity contribution < 1.29 is 9.63 Å². The summed E-state index contributed by atoms with van der Waals surface area (Å²) < 4.78 is 0. The normalized spacial score (nSPS) is 18.9. The van der Waals surface area contributed by atoms with Gasteiger partial charge in [0, 0.05) is 17.1 Å². The van der Waals surface area contributed by atoms with Gasteiger partial charge >= 0.3 is 0 Å². The lowest BCUT2D eigenvalue weighted by Gasteiger charge is -2.03. The zero-order chi connectivity index (χ0) is 11.5. The summed E-state index contributed by atoms with van der Waals surface area (Å²) >= 11 is 5.74. The molecule has 0 spiro atoms. The first-order valence-corrected chi connectivity index (χ1v) is 5.32. The van der Waals surface area contributed by atoms with Gasteiger partial charge in [-0.25, -0.2) is 0 Å². The molecule has 0 bridgehead atoms. The van der Waals surface area contributed by atoms with E-state index in [0.717, 1.165) is 0 Å². The van der Waals surface area contributed by atoms with Crippen molar-refractivity contribution >= 4 is 28.9 Å². The van der Waals surface area contributed by atoms with E-state index >= 15 is 0 Å². The van der Waals surface area contributed by atoms with Crippen molar-refractivity contribution in [3.8, 4) is 0 Å². The second-order valence-electron chi connectivity index (χ2n) is 3.62. The van der Waals surface area contributed by atoms with E-state index in [1.807, 2.05) is 6.92 Å². The minimum absolute atomic E-state index is 0.0223. The second-order valence-corrected chi connectivity index (χ2v) is 4.06. The number of oxime groups is 1. The van der Waals surface area contributed by atoms with Gasteiger partial charge in [-0.3, -0.25) is 4.79 Å². The van der Waals surface area contributed by atoms with Crippen LogP contribution in [0.25, 0.3) is 0 Å². The Bertz CT molecular complexity index is 428. The molecule has 1 atom stereocenters. The highest BCUT2D eigenvalue weighted by Crippen LogP contribution is 2.15. The summed E-state index contributed by atoms with van der Waals surface area (Å²) in [7, 11) is 0. The zero-order valence-corrected chi connectivity index (χ0v) is 9.49. The van der Waals surface area contributed by atoms with E-state index < -0.39 is 0 Å². The number of benzene rings is 1. The average molecular weight is 239 g/mol. The van der Waals surface area contributed by atoms with Crippen molar-refractivity contribution in [1.82, 2.24) is 0 Å². The van der Waals surface area contributed by atoms with Gasteiger partial charge in [0.25, 0.3) is 5.91 Å². The molecule has 84 valence electrons. The van der Waals surface area contributed by atoms with Crippen LogP contribution in [0.1, 0.15) is 13.3 Å². The van der Waals surface area contributed by atoms with Crippen molar-refractivity contribution in [3.63, 3.8) is 0 Å². The maximum absolute atomic E-state index is 11.7. The summed E-state index contributed by atoms with van der Waals surface area (Å²) in [4.78, 5) is 16.6. The molecule has 0 fully saturated rings. The lowest BCUT2D eigenvalue weighted by atomic mass is 10.2. The topological polar surface area (TPSA) is 50.7 Å². The van der Waals surface area contributed by atoms with E-state index in [0.29, 0.717) is 22.8 Å². The van der Waals surface area contributed by atoms with Gasteiger partial charge in [0.05, 0.1) is 0 Å². The number of anilines is 1. The molecule has 1 N–H and O–H groups in total. The molecule has 5 heteroatoms. The van der Waals surface area contributed by atoms with Crippen molar-refractivity contribution in [3.05, 3.63) is 29.3 Å². The maximum atomic E-state index is 11.7. The number of amides is 1. The second kappa shape index (κ2) is 4.53. The van der Waals surface area contributed by atoms with Crippen LogP contribution in [0.3, 0.4) is 0 Å². The quantitative estimate of drug-likeness (QED) is 0.860. The molecular formula is C11H11ClN2O2. The van der Waals surface area contributed by atoms with Gasteiger partial charge in [-0.15, -0.1) is 0 Å². The van der Waals surface area contributed by atoms with Crippen LogP contribution in [0.4, 0.5) is 5.69 Å². The van der Waals surface area contributed by atoms with Gasteiger partial charge in [0.15, 0.2) is 0 Å². The van der Waals surface area contributed by atoms with Gasteiger partial charge in [0.1, 0.15) is 11.8 Å². The fourth-order valence-electron chi connectivity index (χ4n) is 1.37. The molecule has 2 rings (SSSR count). The first kappa shape index (κ1) is 11.0. The summed E-state index contributed by atoms with van der Waals surface area (Å²) in [5.74, 6) is -0.230. The molecule has 1 unspecified atom stereocenters. The third-order valence-electron chi connectivity index (χ3n) is 2.19. The van der Waals surface area contributed by atoms with E-state index in [1.54, 1.807) is 24.3 Å². The first-order chi connectivity index (χ1) is 7.65. The summed E-state index contributed by atoms with van der Waals surface area (Å²) in [6.07, 6.45) is 0.519. The lowest BCUT2D eigenvalue weighted by molar-refractivity contribution is -0.110. The molecular weight excluding hydrogens is 228 g/mol. The molecule has 1 aromatic carbocycles. The fraction of sp³-hybridized carbons (Fsp3) is 0.273. The first-order valence-electron chi connectivity index (χ1n) is 4.95. The van der Waals surface area contributed by atoms with Gasteiger partial charge in [-0.05, 0) is 31.2 Å². The van der Waals surface area contributed by atoms with Gasteiger partial charge in [0.2, 0.25) is 0 Å². The average Bonchev–Trinajstić information content (AvgIpc) is 2.68. The number of nitrogens with one attached hydrogen (secondary N) is 1. The van der Waals surface area contributed by atoms with E-state index in [-0.39, 0.29) is 12.0 Å². The molecule has 4 nitrogen and oxygen atoms in total. The number of hydrogen-bond donors (Lipinski definition) is 1. The van der Waals surface area contributed by atoms with Crippen LogP contribution < -0.4 is 5.32 Å². The number of nitrogens with zero attached hydrogens (tertiary/aromatic N) is 1. The maximum Gasteiger partial charge on any atom is 0.273 e. The van der Waals surface area contributed by atoms with Crippen LogP contribution >= 0.6 is 11.6 Å². The van der Waals surface area contributed by atoms with Gasteiger partial charge in [-0.1, -0.05) is 16.8 Å². The van der Waals surface area contributed by atoms with Crippen molar-refractivity contribution in [1.29, 1.82) is 0 Å². The summed E-state index contributed by atoms with van der Waals surface area (Å²) in [5, 5.41) is 7.06. The smallest absolute Gasteiger partial charge is 0.273 e. The summed E-state index contributed by atoms with van der Waals surface area (Å²) in [6, 6.07) is 6.90. The molecule has 0 saturated carbocycles. The Morgan fingerprint density at radius 2 is 2.19 bits per heavy atom. The predicted octanol–water partition coefficient (Wildman–Crippen LogP) is 2.44. The van der Waals surface area contributed by atoms with Crippen LogP contribution in [-0.2, 0) is 9.63 Å². The predicted molar refractivity (Wildman–Crippen MR) is 62.7 cm³/mol. The van der Waals surface area contributed by atoms with Gasteiger partial charge < -0.3 is 10.2 Å². The van der Waals surface area contributed by atoms with Crippen LogP contribution in [0.15, 0.2) is 29.4 Å². The minimum atomic E-state index is -0.230. The van der Waals surface area contributed by atoms with Crippen molar-refractivity contribution in [2.75, 3.05) is 5.32 Å². The molecule has 0 aromatic heterocycles. The fourth-order valence-corrected chi connectivity index (χ4v) is 1.50. The molecule has 1 heterocycles. The molecule has 0 saturated heterocycles. The minimum Gasteiger partial charge on any atom is -0.392 e. The van der Waals surface area contributed by atoms with E-state index in [9.17, 15) is 4.79 Å². The van der Waals surface area contributed by atoms with Crippen LogP contribution in [0, 0.1) is 0 Å². The largest absolute Gasteiger partial charge is 0.392 e. The Hall–Kier alpha value is -1.55. The van der Waals surface area contributed by atoms with E-state index in [2.05, 4.69) is 10.5 Å². The molecule has 0 radical (unpaired) electrons. The standard InChI is InChI=1S/C11H11ClN2O2/c1-7-6-10(14-16-7)11(15)13-9-4-2-8(12)3-5-9/h2-5,7H,6H2,1H3,(H,13,15). The Balaban J connectivity index is 2.00. The summed E-state index contributed by atoms with van der Waals surface area (Å²) in [6.45, 7) is 1.87. The monoisotopic (exact) mass is 238 g/mol. The highest BCUT2D eigenvalue weighted by molar-refractivity contribution is 6.43. The number of carbonyl (C=O) groups is 1. The van der Waals surface area contributed by atoms with E-state index in [1.165, 1.54) is 0 Å². The van der Waals surface area contributed by atoms with Crippen molar-refractivity contribution in [2.24, 2.45) is 5.16 Å². The highest BCUT2D eigenvalue weighted by Gasteiger charge is 2.22. The lowest BCUT2D eigenvalue weighted by Crippen LogP contribution is -2.22. The molecule has 1 aliphatic rings. The number of halogens is 1. The van der Waals surface area contributed by atoms with Crippen LogP contribution in [0.5, 0.6) is 0 Å². The van der Waals surface area contributed by atoms with Gasteiger partial charge in [-0.2, -0.15) is 0 Å². The summed E-state index contributed by atoms with van der Waals surface area (Å²) in [5.41, 5.74) is 1.11. The van der Waals surface area contributed by atoms with Crippen molar-refractivity contribution in [2.45, 2.75) is 19.4 Å². The highest BCUT2D eigenvalue weighted by atomic mass is 35.5. The Morgan fingerprint density at radius 3 is 2.75 bits per heavy atom. The third-order valence-corrected chi connectivity index (χ3v) is 2.44. The van der Waals surface area contributed by atoms with Crippen LogP contribution in [0.2, 0.25) is 5.02 Å². The molecule has 1 aromatic rings.